The van der Waals surface area contributed by atoms with Crippen LogP contribution in [-0.2, 0) is 6.54 Å². The van der Waals surface area contributed by atoms with Gasteiger partial charge in [0.1, 0.15) is 11.3 Å². The summed E-state index contributed by atoms with van der Waals surface area (Å²) in [7, 11) is 0. The summed E-state index contributed by atoms with van der Waals surface area (Å²) in [5.41, 5.74) is 0.945. The molecular formula is C18H14N4O3. The molecule has 1 aromatic carbocycles. The Hall–Kier alpha value is -3.48. The smallest absolute Gasteiger partial charge is 0.267 e. The molecule has 0 aliphatic carbocycles. The summed E-state index contributed by atoms with van der Waals surface area (Å²) in [6.07, 6.45) is 3.23. The fraction of sp³-hybridized carbons (Fsp3) is 0.111. The molecule has 3 aromatic heterocycles. The van der Waals surface area contributed by atoms with Crippen molar-refractivity contribution >= 4 is 10.9 Å². The Morgan fingerprint density at radius 3 is 2.80 bits per heavy atom. The quantitative estimate of drug-likeness (QED) is 0.619. The number of aromatic hydroxyl groups is 1. The van der Waals surface area contributed by atoms with Crippen LogP contribution in [0.1, 0.15) is 6.92 Å². The third-order valence-electron chi connectivity index (χ3n) is 4.02. The van der Waals surface area contributed by atoms with Crippen LogP contribution in [0.25, 0.3) is 33.7 Å². The number of hydrogen-bond donors (Lipinski definition) is 1. The molecule has 0 saturated heterocycles. The number of para-hydroxylation sites is 1. The second-order valence-electron chi connectivity index (χ2n) is 5.46. The molecular weight excluding hydrogens is 320 g/mol. The molecule has 3 heterocycles. The molecule has 7 heteroatoms. The SMILES string of the molecule is CCn1c(=O)c(-c2nc(-c3cccnc3)no2)c(O)c2ccccc21. The molecule has 0 fully saturated rings. The number of hydrogen-bond acceptors (Lipinski definition) is 6. The van der Waals surface area contributed by atoms with Crippen LogP contribution < -0.4 is 5.56 Å². The number of fused-ring (bicyclic) bond motifs is 1. The van der Waals surface area contributed by atoms with Crippen LogP contribution in [0.2, 0.25) is 0 Å². The number of rotatable bonds is 3. The normalized spacial score (nSPS) is 11.1. The predicted octanol–water partition coefficient (Wildman–Crippen LogP) is 2.84. The monoisotopic (exact) mass is 334 g/mol. The Morgan fingerprint density at radius 1 is 1.20 bits per heavy atom. The molecule has 0 aliphatic heterocycles. The van der Waals surface area contributed by atoms with Gasteiger partial charge in [0.05, 0.1) is 5.52 Å². The van der Waals surface area contributed by atoms with E-state index in [0.717, 1.165) is 0 Å². The van der Waals surface area contributed by atoms with E-state index in [1.54, 1.807) is 47.3 Å². The highest BCUT2D eigenvalue weighted by atomic mass is 16.5. The molecule has 0 unspecified atom stereocenters. The average Bonchev–Trinajstić information content (AvgIpc) is 3.13. The molecule has 0 spiro atoms. The van der Waals surface area contributed by atoms with Crippen molar-refractivity contribution in [3.63, 3.8) is 0 Å². The van der Waals surface area contributed by atoms with Crippen LogP contribution in [-0.4, -0.2) is 24.8 Å². The molecule has 0 aliphatic rings. The number of aromatic nitrogens is 4. The summed E-state index contributed by atoms with van der Waals surface area (Å²) in [6.45, 7) is 2.32. The van der Waals surface area contributed by atoms with Gasteiger partial charge in [0.2, 0.25) is 5.82 Å². The van der Waals surface area contributed by atoms with Gasteiger partial charge in [-0.1, -0.05) is 17.3 Å². The maximum atomic E-state index is 12.8. The minimum absolute atomic E-state index is 0.00295. The fourth-order valence-corrected chi connectivity index (χ4v) is 2.83. The predicted molar refractivity (Wildman–Crippen MR) is 92.1 cm³/mol. The van der Waals surface area contributed by atoms with Gasteiger partial charge in [-0.3, -0.25) is 9.78 Å². The molecule has 4 rings (SSSR count). The van der Waals surface area contributed by atoms with E-state index in [1.165, 1.54) is 0 Å². The first-order chi connectivity index (χ1) is 12.2. The minimum atomic E-state index is -0.375. The van der Waals surface area contributed by atoms with Gasteiger partial charge < -0.3 is 14.2 Å². The molecule has 0 amide bonds. The maximum absolute atomic E-state index is 12.8. The molecule has 0 bridgehead atoms. The van der Waals surface area contributed by atoms with Gasteiger partial charge in [0.15, 0.2) is 0 Å². The Kier molecular flexibility index (Phi) is 3.53. The van der Waals surface area contributed by atoms with Crippen molar-refractivity contribution in [2.24, 2.45) is 0 Å². The van der Waals surface area contributed by atoms with E-state index in [9.17, 15) is 9.90 Å². The second kappa shape index (κ2) is 5.86. The summed E-state index contributed by atoms with van der Waals surface area (Å²) >= 11 is 0. The fourth-order valence-electron chi connectivity index (χ4n) is 2.83. The van der Waals surface area contributed by atoms with Crippen LogP contribution >= 0.6 is 0 Å². The van der Waals surface area contributed by atoms with E-state index in [4.69, 9.17) is 4.52 Å². The van der Waals surface area contributed by atoms with Gasteiger partial charge in [-0.05, 0) is 31.2 Å². The molecule has 0 saturated carbocycles. The van der Waals surface area contributed by atoms with E-state index < -0.39 is 0 Å². The Labute approximate surface area is 142 Å². The summed E-state index contributed by atoms with van der Waals surface area (Å²) < 4.78 is 6.82. The van der Waals surface area contributed by atoms with Crippen molar-refractivity contribution < 1.29 is 9.63 Å². The standard InChI is InChI=1S/C18H14N4O3/c1-2-22-13-8-4-3-7-12(13)15(23)14(18(22)24)17-20-16(21-25-17)11-6-5-9-19-10-11/h3-10,23H,2H2,1H3. The number of nitrogens with zero attached hydrogens (tertiary/aromatic N) is 4. The second-order valence-corrected chi connectivity index (χ2v) is 5.46. The summed E-state index contributed by atoms with van der Waals surface area (Å²) in [5.74, 6) is 0.124. The van der Waals surface area contributed by atoms with E-state index in [-0.39, 0.29) is 22.8 Å². The zero-order chi connectivity index (χ0) is 17.4. The maximum Gasteiger partial charge on any atom is 0.267 e. The van der Waals surface area contributed by atoms with Crippen LogP contribution in [0, 0.1) is 0 Å². The lowest BCUT2D eigenvalue weighted by molar-refractivity contribution is 0.425. The Balaban J connectivity index is 1.96. The molecule has 124 valence electrons. The van der Waals surface area contributed by atoms with Gasteiger partial charge >= 0.3 is 0 Å². The van der Waals surface area contributed by atoms with Crippen molar-refractivity contribution in [2.45, 2.75) is 13.5 Å². The van der Waals surface area contributed by atoms with E-state index in [2.05, 4.69) is 15.1 Å². The van der Waals surface area contributed by atoms with Crippen molar-refractivity contribution in [3.05, 3.63) is 59.1 Å². The van der Waals surface area contributed by atoms with Gasteiger partial charge in [0.25, 0.3) is 11.4 Å². The molecule has 4 aromatic rings. The summed E-state index contributed by atoms with van der Waals surface area (Å²) in [6, 6.07) is 10.7. The first kappa shape index (κ1) is 15.1. The molecule has 0 atom stereocenters. The molecule has 25 heavy (non-hydrogen) atoms. The highest BCUT2D eigenvalue weighted by Crippen LogP contribution is 2.32. The topological polar surface area (TPSA) is 94.0 Å². The lowest BCUT2D eigenvalue weighted by atomic mass is 10.1. The van der Waals surface area contributed by atoms with Gasteiger partial charge in [-0.25, -0.2) is 0 Å². The van der Waals surface area contributed by atoms with Crippen molar-refractivity contribution in [2.75, 3.05) is 0 Å². The average molecular weight is 334 g/mol. The molecule has 0 radical (unpaired) electrons. The van der Waals surface area contributed by atoms with E-state index in [1.807, 2.05) is 13.0 Å². The summed E-state index contributed by atoms with van der Waals surface area (Å²) in [5, 5.41) is 15.1. The third-order valence-corrected chi connectivity index (χ3v) is 4.02. The van der Waals surface area contributed by atoms with Crippen LogP contribution in [0.5, 0.6) is 5.75 Å². The Bertz CT molecular complexity index is 1120. The molecule has 7 nitrogen and oxygen atoms in total. The van der Waals surface area contributed by atoms with Gasteiger partial charge in [-0.15, -0.1) is 0 Å². The highest BCUT2D eigenvalue weighted by Gasteiger charge is 2.22. The number of benzene rings is 1. The van der Waals surface area contributed by atoms with Gasteiger partial charge in [0, 0.05) is 29.9 Å². The third kappa shape index (κ3) is 2.37. The minimum Gasteiger partial charge on any atom is -0.506 e. The number of pyridine rings is 2. The van der Waals surface area contributed by atoms with E-state index in [0.29, 0.717) is 28.8 Å². The van der Waals surface area contributed by atoms with Crippen molar-refractivity contribution in [3.8, 4) is 28.6 Å². The van der Waals surface area contributed by atoms with Crippen LogP contribution in [0.3, 0.4) is 0 Å². The lowest BCUT2D eigenvalue weighted by Gasteiger charge is -2.11. The lowest BCUT2D eigenvalue weighted by Crippen LogP contribution is -2.21. The van der Waals surface area contributed by atoms with Crippen molar-refractivity contribution in [1.82, 2.24) is 19.7 Å². The first-order valence-electron chi connectivity index (χ1n) is 7.79. The zero-order valence-electron chi connectivity index (χ0n) is 13.4. The van der Waals surface area contributed by atoms with Gasteiger partial charge in [-0.2, -0.15) is 4.98 Å². The number of aryl methyl sites for hydroxylation is 1. The van der Waals surface area contributed by atoms with Crippen LogP contribution in [0.15, 0.2) is 58.1 Å². The molecule has 1 N–H and O–H groups in total. The first-order valence-corrected chi connectivity index (χ1v) is 7.79. The Morgan fingerprint density at radius 2 is 2.04 bits per heavy atom. The van der Waals surface area contributed by atoms with Crippen molar-refractivity contribution in [1.29, 1.82) is 0 Å². The highest BCUT2D eigenvalue weighted by molar-refractivity contribution is 5.90. The van der Waals surface area contributed by atoms with Crippen LogP contribution in [0.4, 0.5) is 0 Å². The largest absolute Gasteiger partial charge is 0.506 e. The summed E-state index contributed by atoms with van der Waals surface area (Å²) in [4.78, 5) is 21.1. The zero-order valence-corrected chi connectivity index (χ0v) is 13.4. The van der Waals surface area contributed by atoms with E-state index >= 15 is 0 Å².